The van der Waals surface area contributed by atoms with Crippen molar-refractivity contribution in [3.63, 3.8) is 0 Å². The van der Waals surface area contributed by atoms with Crippen molar-refractivity contribution in [1.29, 1.82) is 0 Å². The van der Waals surface area contributed by atoms with Gasteiger partial charge >= 0.3 is 0 Å². The van der Waals surface area contributed by atoms with Crippen molar-refractivity contribution in [2.24, 2.45) is 5.41 Å². The Morgan fingerprint density at radius 3 is 2.68 bits per heavy atom. The average molecular weight is 466 g/mol. The molecule has 34 heavy (non-hydrogen) atoms. The third-order valence-electron chi connectivity index (χ3n) is 6.34. The molecular weight excluding hydrogens is 430 g/mol. The van der Waals surface area contributed by atoms with Crippen molar-refractivity contribution in [2.75, 3.05) is 19.7 Å². The van der Waals surface area contributed by atoms with Gasteiger partial charge in [0.1, 0.15) is 5.75 Å². The van der Waals surface area contributed by atoms with Gasteiger partial charge in [-0.15, -0.1) is 0 Å². The number of carbonyl (C=O) groups is 2. The Hall–Kier alpha value is -2.90. The summed E-state index contributed by atoms with van der Waals surface area (Å²) in [4.78, 5) is 27.8. The van der Waals surface area contributed by atoms with Gasteiger partial charge in [0.15, 0.2) is 0 Å². The second kappa shape index (κ2) is 9.76. The van der Waals surface area contributed by atoms with E-state index < -0.39 is 6.10 Å². The van der Waals surface area contributed by atoms with Crippen molar-refractivity contribution in [3.05, 3.63) is 64.2 Å². The van der Waals surface area contributed by atoms with E-state index in [0.29, 0.717) is 49.5 Å². The number of rotatable bonds is 7. The lowest BCUT2D eigenvalue weighted by Gasteiger charge is -2.30. The fraction of sp³-hybridized carbons (Fsp3) is 0.481. The van der Waals surface area contributed by atoms with Crippen LogP contribution in [0.1, 0.15) is 65.1 Å². The van der Waals surface area contributed by atoms with Gasteiger partial charge in [-0.1, -0.05) is 45.0 Å². The third-order valence-corrected chi connectivity index (χ3v) is 6.34. The van der Waals surface area contributed by atoms with Crippen LogP contribution in [-0.4, -0.2) is 53.7 Å². The summed E-state index contributed by atoms with van der Waals surface area (Å²) in [5.74, 6) is 0.0454. The van der Waals surface area contributed by atoms with E-state index in [0.717, 1.165) is 5.56 Å². The van der Waals surface area contributed by atoms with E-state index in [1.165, 1.54) is 11.1 Å². The zero-order valence-corrected chi connectivity index (χ0v) is 20.5. The van der Waals surface area contributed by atoms with Gasteiger partial charge in [-0.3, -0.25) is 9.59 Å². The molecule has 4 rings (SSSR count). The third kappa shape index (κ3) is 5.26. The lowest BCUT2D eigenvalue weighted by atomic mass is 9.93. The number of benzene rings is 2. The van der Waals surface area contributed by atoms with E-state index in [1.807, 2.05) is 24.0 Å². The summed E-state index contributed by atoms with van der Waals surface area (Å²) in [5, 5.41) is 17.0. The highest BCUT2D eigenvalue weighted by molar-refractivity contribution is 6.03. The van der Waals surface area contributed by atoms with Crippen molar-refractivity contribution < 1.29 is 19.4 Å². The molecule has 2 aliphatic rings. The van der Waals surface area contributed by atoms with Crippen LogP contribution in [0, 0.1) is 5.41 Å². The maximum Gasteiger partial charge on any atom is 0.255 e. The highest BCUT2D eigenvalue weighted by Crippen LogP contribution is 2.32. The fourth-order valence-electron chi connectivity index (χ4n) is 4.74. The second-order valence-corrected chi connectivity index (χ2v) is 10.4. The standard InChI is InChI=1S/C27H35N3O4/c1-5-34-24-12-20-19(15-30(26(20)33)16-27(2,3)4)10-21(24)25(32)29-14-23(31)22-11-17-8-6-7-9-18(17)13-28-22/h6-10,12,22-23,28,31H,5,11,13-16H2,1-4H3,(H,29,32)/t22-,23+/m0/s1. The van der Waals surface area contributed by atoms with E-state index in [1.54, 1.807) is 12.1 Å². The predicted molar refractivity (Wildman–Crippen MR) is 131 cm³/mol. The summed E-state index contributed by atoms with van der Waals surface area (Å²) in [6, 6.07) is 11.5. The Bertz CT molecular complexity index is 1080. The van der Waals surface area contributed by atoms with Crippen molar-refractivity contribution in [2.45, 2.75) is 59.4 Å². The second-order valence-electron chi connectivity index (χ2n) is 10.4. The molecule has 2 atom stereocenters. The summed E-state index contributed by atoms with van der Waals surface area (Å²) in [6.45, 7) is 10.4. The number of carbonyl (C=O) groups excluding carboxylic acids is 2. The van der Waals surface area contributed by atoms with E-state index in [4.69, 9.17) is 4.74 Å². The Morgan fingerprint density at radius 1 is 1.24 bits per heavy atom. The normalized spacial score (nSPS) is 18.3. The lowest BCUT2D eigenvalue weighted by Crippen LogP contribution is -2.49. The maximum absolute atomic E-state index is 13.1. The molecule has 2 aromatic rings. The van der Waals surface area contributed by atoms with Crippen molar-refractivity contribution >= 4 is 11.8 Å². The largest absolute Gasteiger partial charge is 0.493 e. The molecule has 0 unspecified atom stereocenters. The molecular formula is C27H35N3O4. The highest BCUT2D eigenvalue weighted by atomic mass is 16.5. The van der Waals surface area contributed by atoms with E-state index >= 15 is 0 Å². The zero-order chi connectivity index (χ0) is 24.5. The van der Waals surface area contributed by atoms with Crippen LogP contribution in [0.3, 0.4) is 0 Å². The maximum atomic E-state index is 13.1. The number of nitrogens with one attached hydrogen (secondary N) is 2. The molecule has 0 aromatic heterocycles. The van der Waals surface area contributed by atoms with Crippen LogP contribution >= 0.6 is 0 Å². The van der Waals surface area contributed by atoms with Crippen LogP contribution in [0.5, 0.6) is 5.75 Å². The van der Waals surface area contributed by atoms with Crippen molar-refractivity contribution in [3.8, 4) is 5.75 Å². The Kier molecular flexibility index (Phi) is 6.96. The number of hydrogen-bond donors (Lipinski definition) is 3. The smallest absolute Gasteiger partial charge is 0.255 e. The van der Waals surface area contributed by atoms with Gasteiger partial charge < -0.3 is 25.4 Å². The molecule has 0 radical (unpaired) electrons. The summed E-state index contributed by atoms with van der Waals surface area (Å²) >= 11 is 0. The molecule has 3 N–H and O–H groups in total. The number of ether oxygens (including phenoxy) is 1. The van der Waals surface area contributed by atoms with Crippen LogP contribution in [0.15, 0.2) is 36.4 Å². The molecule has 7 heteroatoms. The number of fused-ring (bicyclic) bond motifs is 2. The monoisotopic (exact) mass is 465 g/mol. The first kappa shape index (κ1) is 24.2. The van der Waals surface area contributed by atoms with Gasteiger partial charge in [0.25, 0.3) is 11.8 Å². The Labute approximate surface area is 201 Å². The van der Waals surface area contributed by atoms with Gasteiger partial charge in [-0.25, -0.2) is 0 Å². The van der Waals surface area contributed by atoms with Gasteiger partial charge in [0.2, 0.25) is 0 Å². The van der Waals surface area contributed by atoms with Crippen molar-refractivity contribution in [1.82, 2.24) is 15.5 Å². The first-order valence-electron chi connectivity index (χ1n) is 12.0. The fourth-order valence-corrected chi connectivity index (χ4v) is 4.74. The number of nitrogens with zero attached hydrogens (tertiary/aromatic N) is 1. The summed E-state index contributed by atoms with van der Waals surface area (Å²) in [5.41, 5.74) is 4.25. The van der Waals surface area contributed by atoms with Gasteiger partial charge in [0, 0.05) is 37.8 Å². The van der Waals surface area contributed by atoms with Gasteiger partial charge in [-0.05, 0) is 47.6 Å². The minimum Gasteiger partial charge on any atom is -0.493 e. The SMILES string of the molecule is CCOc1cc2c(cc1C(=O)NC[C@@H](O)[C@@H]1Cc3ccccc3CN1)CN(CC(C)(C)C)C2=O. The average Bonchev–Trinajstić information content (AvgIpc) is 3.09. The predicted octanol–water partition coefficient (Wildman–Crippen LogP) is 2.89. The molecule has 0 saturated carbocycles. The Morgan fingerprint density at radius 2 is 1.97 bits per heavy atom. The molecule has 0 saturated heterocycles. The minimum atomic E-state index is -0.730. The molecule has 2 heterocycles. The van der Waals surface area contributed by atoms with Gasteiger partial charge in [0.05, 0.1) is 18.3 Å². The highest BCUT2D eigenvalue weighted by Gasteiger charge is 2.33. The van der Waals surface area contributed by atoms with Gasteiger partial charge in [-0.2, -0.15) is 0 Å². The topological polar surface area (TPSA) is 90.9 Å². The van der Waals surface area contributed by atoms with Crippen LogP contribution in [0.25, 0.3) is 0 Å². The molecule has 0 fully saturated rings. The summed E-state index contributed by atoms with van der Waals surface area (Å²) in [7, 11) is 0. The number of aliphatic hydroxyl groups excluding tert-OH is 1. The van der Waals surface area contributed by atoms with Crippen LogP contribution < -0.4 is 15.4 Å². The quantitative estimate of drug-likeness (QED) is 0.585. The van der Waals surface area contributed by atoms with Crippen LogP contribution in [0.4, 0.5) is 0 Å². The first-order valence-corrected chi connectivity index (χ1v) is 12.0. The van der Waals surface area contributed by atoms with E-state index in [-0.39, 0.29) is 29.8 Å². The molecule has 0 aliphatic carbocycles. The number of amides is 2. The molecule has 2 aromatic carbocycles. The van der Waals surface area contributed by atoms with E-state index in [2.05, 4.69) is 43.5 Å². The zero-order valence-electron chi connectivity index (χ0n) is 20.5. The molecule has 2 aliphatic heterocycles. The molecule has 0 bridgehead atoms. The molecule has 182 valence electrons. The molecule has 0 spiro atoms. The van der Waals surface area contributed by atoms with Crippen LogP contribution in [0.2, 0.25) is 0 Å². The summed E-state index contributed by atoms with van der Waals surface area (Å²) in [6.07, 6.45) is -0.0201. The lowest BCUT2D eigenvalue weighted by molar-refractivity contribution is 0.0719. The Balaban J connectivity index is 1.45. The minimum absolute atomic E-state index is 0.0233. The molecule has 2 amide bonds. The van der Waals surface area contributed by atoms with Crippen LogP contribution in [-0.2, 0) is 19.5 Å². The number of hydrogen-bond acceptors (Lipinski definition) is 5. The molecule has 7 nitrogen and oxygen atoms in total. The first-order chi connectivity index (χ1) is 16.2. The summed E-state index contributed by atoms with van der Waals surface area (Å²) < 4.78 is 5.72. The van der Waals surface area contributed by atoms with E-state index in [9.17, 15) is 14.7 Å². The number of aliphatic hydroxyl groups is 1.